The van der Waals surface area contributed by atoms with Crippen molar-refractivity contribution in [3.63, 3.8) is 0 Å². The monoisotopic (exact) mass is 410 g/mol. The van der Waals surface area contributed by atoms with Crippen molar-refractivity contribution in [1.82, 2.24) is 20.2 Å². The van der Waals surface area contributed by atoms with Crippen LogP contribution in [-0.2, 0) is 30.5 Å². The van der Waals surface area contributed by atoms with E-state index in [2.05, 4.69) is 17.2 Å². The van der Waals surface area contributed by atoms with Crippen LogP contribution in [0.1, 0.15) is 42.4 Å². The first-order valence-electron chi connectivity index (χ1n) is 10.9. The molecule has 2 amide bonds. The zero-order valence-electron chi connectivity index (χ0n) is 17.6. The summed E-state index contributed by atoms with van der Waals surface area (Å²) in [7, 11) is 0. The Morgan fingerprint density at radius 2 is 2.07 bits per heavy atom. The van der Waals surface area contributed by atoms with Crippen molar-refractivity contribution < 1.29 is 14.3 Å². The highest BCUT2D eigenvalue weighted by Crippen LogP contribution is 2.26. The molecule has 2 aromatic rings. The van der Waals surface area contributed by atoms with Gasteiger partial charge in [-0.05, 0) is 18.4 Å². The number of hydrogen-bond donors (Lipinski definition) is 1. The smallest absolute Gasteiger partial charge is 0.317 e. The number of rotatable bonds is 5. The molecule has 7 heteroatoms. The van der Waals surface area contributed by atoms with E-state index in [0.29, 0.717) is 32.2 Å². The number of likely N-dealkylation sites (tertiary alicyclic amines) is 1. The average molecular weight is 411 g/mol. The molecule has 0 saturated carbocycles. The second-order valence-electron chi connectivity index (χ2n) is 7.81. The fourth-order valence-electron chi connectivity index (χ4n) is 3.98. The summed E-state index contributed by atoms with van der Waals surface area (Å²) < 4.78 is 12.0. The number of carbonyl (C=O) groups is 1. The molecule has 4 rings (SSSR count). The van der Waals surface area contributed by atoms with E-state index in [9.17, 15) is 4.79 Å². The summed E-state index contributed by atoms with van der Waals surface area (Å²) >= 11 is 0. The molecule has 30 heavy (non-hydrogen) atoms. The molecule has 2 aliphatic heterocycles. The minimum Gasteiger partial charge on any atom is -0.472 e. The summed E-state index contributed by atoms with van der Waals surface area (Å²) in [5.74, 6) is 1.48. The first kappa shape index (κ1) is 20.6. The van der Waals surface area contributed by atoms with Gasteiger partial charge in [-0.1, -0.05) is 37.3 Å². The molecule has 160 valence electrons. The highest BCUT2D eigenvalue weighted by Gasteiger charge is 2.27. The lowest BCUT2D eigenvalue weighted by atomic mass is 10.1. The van der Waals surface area contributed by atoms with E-state index < -0.39 is 0 Å². The summed E-state index contributed by atoms with van der Waals surface area (Å²) in [4.78, 5) is 23.9. The molecule has 0 aliphatic carbocycles. The number of hydrogen-bond acceptors (Lipinski definition) is 5. The minimum absolute atomic E-state index is 0.0451. The third-order valence-electron chi connectivity index (χ3n) is 5.63. The van der Waals surface area contributed by atoms with E-state index in [-0.39, 0.29) is 12.1 Å². The molecule has 1 aromatic carbocycles. The van der Waals surface area contributed by atoms with Crippen LogP contribution >= 0.6 is 0 Å². The van der Waals surface area contributed by atoms with Gasteiger partial charge in [0.05, 0.1) is 25.5 Å². The van der Waals surface area contributed by atoms with Crippen LogP contribution in [0.3, 0.4) is 0 Å². The molecule has 3 heterocycles. The van der Waals surface area contributed by atoms with Crippen molar-refractivity contribution in [1.29, 1.82) is 0 Å². The molecular formula is C23H30N4O3. The van der Waals surface area contributed by atoms with Crippen LogP contribution in [0, 0.1) is 0 Å². The van der Waals surface area contributed by atoms with Gasteiger partial charge in [0.2, 0.25) is 5.88 Å². The molecule has 1 N–H and O–H groups in total. The molecule has 1 unspecified atom stereocenters. The number of urea groups is 1. The predicted molar refractivity (Wildman–Crippen MR) is 114 cm³/mol. The maximum absolute atomic E-state index is 12.7. The Labute approximate surface area is 177 Å². The number of aromatic nitrogens is 2. The maximum atomic E-state index is 12.7. The first-order chi connectivity index (χ1) is 14.7. The number of amides is 2. The summed E-state index contributed by atoms with van der Waals surface area (Å²) in [5, 5.41) is 3.02. The number of aryl methyl sites for hydroxylation is 1. The topological polar surface area (TPSA) is 76.6 Å². The van der Waals surface area contributed by atoms with E-state index >= 15 is 0 Å². The lowest BCUT2D eigenvalue weighted by Gasteiger charge is -2.33. The molecule has 1 atom stereocenters. The number of carbonyl (C=O) groups excluding carboxylic acids is 1. The SMILES string of the molecule is CCc1nc2c(c(OC3CCCN(C(=O)NCc4ccccc4)C3)n1)CCOCC2. The van der Waals surface area contributed by atoms with Gasteiger partial charge in [-0.3, -0.25) is 0 Å². The highest BCUT2D eigenvalue weighted by atomic mass is 16.5. The van der Waals surface area contributed by atoms with Crippen LogP contribution < -0.4 is 10.1 Å². The second-order valence-corrected chi connectivity index (χ2v) is 7.81. The summed E-state index contributed by atoms with van der Waals surface area (Å²) in [5.41, 5.74) is 3.20. The van der Waals surface area contributed by atoms with Gasteiger partial charge in [-0.2, -0.15) is 4.98 Å². The summed E-state index contributed by atoms with van der Waals surface area (Å²) in [6.07, 6.45) is 4.10. The van der Waals surface area contributed by atoms with Crippen molar-refractivity contribution >= 4 is 6.03 Å². The normalized spacial score (nSPS) is 19.0. The Kier molecular flexibility index (Phi) is 6.79. The fourth-order valence-corrected chi connectivity index (χ4v) is 3.98. The number of ether oxygens (including phenoxy) is 2. The first-order valence-corrected chi connectivity index (χ1v) is 10.9. The zero-order chi connectivity index (χ0) is 20.8. The molecule has 0 spiro atoms. The Bertz CT molecular complexity index is 859. The predicted octanol–water partition coefficient (Wildman–Crippen LogP) is 2.91. The summed E-state index contributed by atoms with van der Waals surface area (Å²) in [6, 6.07) is 9.91. The van der Waals surface area contributed by atoms with Gasteiger partial charge < -0.3 is 19.7 Å². The van der Waals surface area contributed by atoms with Gasteiger partial charge in [-0.25, -0.2) is 9.78 Å². The van der Waals surface area contributed by atoms with Crippen molar-refractivity contribution in [2.45, 2.75) is 51.7 Å². The largest absolute Gasteiger partial charge is 0.472 e. The second kappa shape index (κ2) is 9.89. The molecule has 0 bridgehead atoms. The van der Waals surface area contributed by atoms with E-state index in [0.717, 1.165) is 61.3 Å². The molecule has 1 fully saturated rings. The third-order valence-corrected chi connectivity index (χ3v) is 5.63. The van der Waals surface area contributed by atoms with Crippen LogP contribution in [0.15, 0.2) is 30.3 Å². The van der Waals surface area contributed by atoms with Crippen molar-refractivity contribution in [2.75, 3.05) is 26.3 Å². The lowest BCUT2D eigenvalue weighted by Crippen LogP contribution is -2.48. The molecule has 1 aromatic heterocycles. The number of fused-ring (bicyclic) bond motifs is 1. The van der Waals surface area contributed by atoms with Crippen LogP contribution in [0.5, 0.6) is 5.88 Å². The summed E-state index contributed by atoms with van der Waals surface area (Å²) in [6.45, 7) is 5.25. The van der Waals surface area contributed by atoms with Crippen LogP contribution in [0.4, 0.5) is 4.79 Å². The molecule has 2 aliphatic rings. The van der Waals surface area contributed by atoms with Crippen molar-refractivity contribution in [2.24, 2.45) is 0 Å². The van der Waals surface area contributed by atoms with Crippen LogP contribution in [0.2, 0.25) is 0 Å². The van der Waals surface area contributed by atoms with Gasteiger partial charge in [0, 0.05) is 37.9 Å². The molecule has 1 saturated heterocycles. The third kappa shape index (κ3) is 5.08. The average Bonchev–Trinajstić information content (AvgIpc) is 3.04. The molecule has 0 radical (unpaired) electrons. The van der Waals surface area contributed by atoms with E-state index in [1.165, 1.54) is 0 Å². The maximum Gasteiger partial charge on any atom is 0.317 e. The Morgan fingerprint density at radius 3 is 2.90 bits per heavy atom. The minimum atomic E-state index is -0.0610. The number of nitrogens with one attached hydrogen (secondary N) is 1. The molecular weight excluding hydrogens is 380 g/mol. The highest BCUT2D eigenvalue weighted by molar-refractivity contribution is 5.74. The quantitative estimate of drug-likeness (QED) is 0.820. The van der Waals surface area contributed by atoms with Crippen molar-refractivity contribution in [3.05, 3.63) is 53.0 Å². The van der Waals surface area contributed by atoms with Crippen LogP contribution in [0.25, 0.3) is 0 Å². The fraction of sp³-hybridized carbons (Fsp3) is 0.522. The lowest BCUT2D eigenvalue weighted by molar-refractivity contribution is 0.0960. The van der Waals surface area contributed by atoms with Gasteiger partial charge in [-0.15, -0.1) is 0 Å². The number of benzene rings is 1. The molecule has 7 nitrogen and oxygen atoms in total. The van der Waals surface area contributed by atoms with Gasteiger partial charge in [0.25, 0.3) is 0 Å². The van der Waals surface area contributed by atoms with Gasteiger partial charge >= 0.3 is 6.03 Å². The van der Waals surface area contributed by atoms with E-state index in [4.69, 9.17) is 14.5 Å². The van der Waals surface area contributed by atoms with Gasteiger partial charge in [0.15, 0.2) is 0 Å². The van der Waals surface area contributed by atoms with Crippen LogP contribution in [-0.4, -0.2) is 53.3 Å². The Morgan fingerprint density at radius 1 is 1.23 bits per heavy atom. The van der Waals surface area contributed by atoms with Crippen molar-refractivity contribution in [3.8, 4) is 5.88 Å². The standard InChI is InChI=1S/C23H30N4O3/c1-2-21-25-20-11-14-29-13-10-19(20)22(26-21)30-18-9-6-12-27(16-18)23(28)24-15-17-7-4-3-5-8-17/h3-5,7-8,18H,2,6,9-16H2,1H3,(H,24,28). The number of nitrogens with zero attached hydrogens (tertiary/aromatic N) is 3. The van der Waals surface area contributed by atoms with E-state index in [1.807, 2.05) is 35.2 Å². The zero-order valence-corrected chi connectivity index (χ0v) is 17.6. The Balaban J connectivity index is 1.41. The van der Waals surface area contributed by atoms with Gasteiger partial charge in [0.1, 0.15) is 11.9 Å². The number of piperidine rings is 1. The van der Waals surface area contributed by atoms with E-state index in [1.54, 1.807) is 0 Å². The Hall–Kier alpha value is -2.67.